The number of hydrogen-bond acceptors (Lipinski definition) is 3. The quantitative estimate of drug-likeness (QED) is 0.753. The molecular weight excluding hydrogens is 152 g/mol. The van der Waals surface area contributed by atoms with Crippen LogP contribution >= 0.6 is 0 Å². The lowest BCUT2D eigenvalue weighted by atomic mass is 9.92. The third kappa shape index (κ3) is 3.42. The molecule has 1 heterocycles. The molecule has 0 amide bonds. The molecule has 1 rings (SSSR count). The molecule has 0 aliphatic rings. The van der Waals surface area contributed by atoms with Gasteiger partial charge in [0.05, 0.1) is 0 Å². The minimum absolute atomic E-state index is 0.372. The molecule has 12 heavy (non-hydrogen) atoms. The predicted molar refractivity (Wildman–Crippen MR) is 49.1 cm³/mol. The third-order valence-corrected chi connectivity index (χ3v) is 1.62. The second-order valence-electron chi connectivity index (χ2n) is 4.12. The molecule has 1 aromatic rings. The highest BCUT2D eigenvalue weighted by Gasteiger charge is 2.09. The van der Waals surface area contributed by atoms with Crippen LogP contribution in [0.4, 0.5) is 5.82 Å². The van der Waals surface area contributed by atoms with Crippen LogP contribution in [0.5, 0.6) is 0 Å². The van der Waals surface area contributed by atoms with E-state index in [-0.39, 0.29) is 0 Å². The molecule has 0 bridgehead atoms. The minimum atomic E-state index is 0.372. The van der Waals surface area contributed by atoms with E-state index in [1.165, 1.54) is 0 Å². The average Bonchev–Trinajstić information content (AvgIpc) is 2.36. The Hall–Kier alpha value is -0.990. The number of hydrogen-bond donors (Lipinski definition) is 1. The fourth-order valence-electron chi connectivity index (χ4n) is 0.869. The molecule has 3 nitrogen and oxygen atoms in total. The summed E-state index contributed by atoms with van der Waals surface area (Å²) < 4.78 is 4.68. The maximum Gasteiger partial charge on any atom is 0.169 e. The highest BCUT2D eigenvalue weighted by molar-refractivity contribution is 5.30. The average molecular weight is 168 g/mol. The summed E-state index contributed by atoms with van der Waals surface area (Å²) in [6, 6.07) is 1.82. The van der Waals surface area contributed by atoms with E-state index in [1.807, 2.05) is 6.07 Å². The van der Waals surface area contributed by atoms with Gasteiger partial charge in [-0.25, -0.2) is 0 Å². The number of nitrogens with zero attached hydrogens (tertiary/aromatic N) is 1. The zero-order chi connectivity index (χ0) is 9.03. The van der Waals surface area contributed by atoms with Gasteiger partial charge in [-0.05, 0) is 11.8 Å². The molecule has 0 unspecified atom stereocenters. The number of nitrogens with one attached hydrogen (secondary N) is 1. The summed E-state index contributed by atoms with van der Waals surface area (Å²) >= 11 is 0. The maximum atomic E-state index is 4.68. The highest BCUT2D eigenvalue weighted by atomic mass is 16.5. The Morgan fingerprint density at radius 1 is 1.50 bits per heavy atom. The van der Waals surface area contributed by atoms with E-state index >= 15 is 0 Å². The summed E-state index contributed by atoms with van der Waals surface area (Å²) in [6.45, 7) is 7.60. The first-order chi connectivity index (χ1) is 5.58. The topological polar surface area (TPSA) is 38.1 Å². The Morgan fingerprint density at radius 2 is 2.25 bits per heavy atom. The van der Waals surface area contributed by atoms with Gasteiger partial charge in [0, 0.05) is 12.6 Å². The lowest BCUT2D eigenvalue weighted by Gasteiger charge is -2.17. The molecule has 0 aliphatic carbocycles. The summed E-state index contributed by atoms with van der Waals surface area (Å²) in [5, 5.41) is 6.93. The molecule has 1 aromatic heterocycles. The Balaban J connectivity index is 2.20. The van der Waals surface area contributed by atoms with Gasteiger partial charge in [0.25, 0.3) is 0 Å². The smallest absolute Gasteiger partial charge is 0.169 e. The number of anilines is 1. The van der Waals surface area contributed by atoms with Gasteiger partial charge in [0.1, 0.15) is 6.26 Å². The van der Waals surface area contributed by atoms with Gasteiger partial charge >= 0.3 is 0 Å². The Morgan fingerprint density at radius 3 is 2.75 bits per heavy atom. The van der Waals surface area contributed by atoms with Crippen molar-refractivity contribution in [2.75, 3.05) is 11.9 Å². The van der Waals surface area contributed by atoms with Gasteiger partial charge in [-0.3, -0.25) is 0 Å². The van der Waals surface area contributed by atoms with Crippen molar-refractivity contribution in [3.05, 3.63) is 12.3 Å². The van der Waals surface area contributed by atoms with Crippen molar-refractivity contribution in [1.82, 2.24) is 5.16 Å². The Kier molecular flexibility index (Phi) is 2.74. The lowest BCUT2D eigenvalue weighted by Crippen LogP contribution is -2.12. The molecule has 0 aliphatic heterocycles. The van der Waals surface area contributed by atoms with E-state index in [9.17, 15) is 0 Å². The van der Waals surface area contributed by atoms with Crippen LogP contribution in [0.1, 0.15) is 27.2 Å². The molecule has 68 valence electrons. The van der Waals surface area contributed by atoms with Crippen molar-refractivity contribution in [3.63, 3.8) is 0 Å². The van der Waals surface area contributed by atoms with Crippen LogP contribution in [0.25, 0.3) is 0 Å². The SMILES string of the molecule is CC(C)(C)CCNc1ccon1. The van der Waals surface area contributed by atoms with Gasteiger partial charge in [-0.1, -0.05) is 25.9 Å². The zero-order valence-corrected chi connectivity index (χ0v) is 7.92. The van der Waals surface area contributed by atoms with Crippen LogP contribution < -0.4 is 5.32 Å². The van der Waals surface area contributed by atoms with Crippen molar-refractivity contribution < 1.29 is 4.52 Å². The molecule has 0 saturated heterocycles. The van der Waals surface area contributed by atoms with E-state index in [2.05, 4.69) is 35.8 Å². The van der Waals surface area contributed by atoms with Gasteiger partial charge in [-0.15, -0.1) is 0 Å². The molecule has 3 heteroatoms. The van der Waals surface area contributed by atoms with Crippen LogP contribution in [-0.2, 0) is 0 Å². The summed E-state index contributed by atoms with van der Waals surface area (Å²) in [5.74, 6) is 0.819. The minimum Gasteiger partial charge on any atom is -0.367 e. The zero-order valence-electron chi connectivity index (χ0n) is 7.92. The Labute approximate surface area is 73.1 Å². The van der Waals surface area contributed by atoms with Crippen LogP contribution in [0.15, 0.2) is 16.9 Å². The molecule has 0 radical (unpaired) electrons. The molecule has 0 aromatic carbocycles. The number of rotatable bonds is 3. The first kappa shape index (κ1) is 9.10. The number of aromatic nitrogens is 1. The normalized spacial score (nSPS) is 11.6. The largest absolute Gasteiger partial charge is 0.367 e. The lowest BCUT2D eigenvalue weighted by molar-refractivity contribution is 0.388. The van der Waals surface area contributed by atoms with Crippen molar-refractivity contribution >= 4 is 5.82 Å². The fraction of sp³-hybridized carbons (Fsp3) is 0.667. The van der Waals surface area contributed by atoms with Gasteiger partial charge < -0.3 is 9.84 Å². The van der Waals surface area contributed by atoms with Crippen LogP contribution in [-0.4, -0.2) is 11.7 Å². The first-order valence-corrected chi connectivity index (χ1v) is 4.22. The predicted octanol–water partition coefficient (Wildman–Crippen LogP) is 2.52. The molecule has 1 N–H and O–H groups in total. The monoisotopic (exact) mass is 168 g/mol. The standard InChI is InChI=1S/C9H16N2O/c1-9(2,3)5-6-10-8-4-7-12-11-8/h4,7H,5-6H2,1-3H3,(H,10,11). The molecular formula is C9H16N2O. The van der Waals surface area contributed by atoms with Crippen molar-refractivity contribution in [1.29, 1.82) is 0 Å². The van der Waals surface area contributed by atoms with Crippen LogP contribution in [0, 0.1) is 5.41 Å². The highest BCUT2D eigenvalue weighted by Crippen LogP contribution is 2.17. The van der Waals surface area contributed by atoms with E-state index in [0.717, 1.165) is 18.8 Å². The summed E-state index contributed by atoms with van der Waals surface area (Å²) in [5.41, 5.74) is 0.372. The van der Waals surface area contributed by atoms with Gasteiger partial charge in [0.2, 0.25) is 0 Å². The van der Waals surface area contributed by atoms with Crippen molar-refractivity contribution in [2.24, 2.45) is 5.41 Å². The molecule has 0 saturated carbocycles. The van der Waals surface area contributed by atoms with Gasteiger partial charge in [-0.2, -0.15) is 0 Å². The van der Waals surface area contributed by atoms with E-state index in [4.69, 9.17) is 0 Å². The molecule has 0 spiro atoms. The summed E-state index contributed by atoms with van der Waals surface area (Å²) in [4.78, 5) is 0. The third-order valence-electron chi connectivity index (χ3n) is 1.62. The van der Waals surface area contributed by atoms with Crippen LogP contribution in [0.2, 0.25) is 0 Å². The first-order valence-electron chi connectivity index (χ1n) is 4.22. The molecule has 0 fully saturated rings. The van der Waals surface area contributed by atoms with Crippen molar-refractivity contribution in [3.8, 4) is 0 Å². The maximum absolute atomic E-state index is 4.68. The fourth-order valence-corrected chi connectivity index (χ4v) is 0.869. The van der Waals surface area contributed by atoms with E-state index in [1.54, 1.807) is 6.26 Å². The van der Waals surface area contributed by atoms with Gasteiger partial charge in [0.15, 0.2) is 5.82 Å². The van der Waals surface area contributed by atoms with Crippen LogP contribution in [0.3, 0.4) is 0 Å². The molecule has 0 atom stereocenters. The second-order valence-corrected chi connectivity index (χ2v) is 4.12. The van der Waals surface area contributed by atoms with E-state index in [0.29, 0.717) is 5.41 Å². The Bertz CT molecular complexity index is 211. The van der Waals surface area contributed by atoms with Crippen molar-refractivity contribution in [2.45, 2.75) is 27.2 Å². The van der Waals surface area contributed by atoms with E-state index < -0.39 is 0 Å². The summed E-state index contributed by atoms with van der Waals surface area (Å²) in [7, 11) is 0. The summed E-state index contributed by atoms with van der Waals surface area (Å²) in [6.07, 6.45) is 2.69. The second kappa shape index (κ2) is 3.61.